The average Bonchev–Trinajstić information content (AvgIpc) is 3.24. The molecule has 3 atom stereocenters. The summed E-state index contributed by atoms with van der Waals surface area (Å²) in [5, 5.41) is 12.2. The van der Waals surface area contributed by atoms with E-state index in [4.69, 9.17) is 9.47 Å². The molecule has 12 heteroatoms. The highest BCUT2D eigenvalue weighted by molar-refractivity contribution is 8.00. The Hall–Kier alpha value is -1.95. The van der Waals surface area contributed by atoms with Crippen LogP contribution in [-0.4, -0.2) is 95.0 Å². The fourth-order valence-electron chi connectivity index (χ4n) is 4.99. The third-order valence-corrected chi connectivity index (χ3v) is 9.86. The minimum absolute atomic E-state index is 0.0863. The van der Waals surface area contributed by atoms with Crippen LogP contribution in [0.5, 0.6) is 0 Å². The first kappa shape index (κ1) is 28.6. The lowest BCUT2D eigenvalue weighted by molar-refractivity contribution is -0.148. The Kier molecular flexibility index (Phi) is 8.59. The number of fused-ring (bicyclic) bond motifs is 1. The number of likely N-dealkylation sites (tertiary alicyclic amines) is 1. The predicted molar refractivity (Wildman–Crippen MR) is 140 cm³/mol. The highest BCUT2D eigenvalue weighted by Crippen LogP contribution is 2.45. The van der Waals surface area contributed by atoms with Crippen molar-refractivity contribution in [3.8, 4) is 0 Å². The summed E-state index contributed by atoms with van der Waals surface area (Å²) in [6.07, 6.45) is 1.08. The van der Waals surface area contributed by atoms with Gasteiger partial charge in [0.15, 0.2) is 0 Å². The number of amides is 3. The quantitative estimate of drug-likeness (QED) is 0.467. The molecule has 0 aromatic carbocycles. The predicted octanol–water partition coefficient (Wildman–Crippen LogP) is 3.59. The Morgan fingerprint density at radius 1 is 1.19 bits per heavy atom. The summed E-state index contributed by atoms with van der Waals surface area (Å²) < 4.78 is 10.9. The van der Waals surface area contributed by atoms with E-state index in [1.54, 1.807) is 25.7 Å². The smallest absolute Gasteiger partial charge is 0.409 e. The number of hydrogen-bond acceptors (Lipinski definition) is 7. The van der Waals surface area contributed by atoms with Crippen molar-refractivity contribution in [3.63, 3.8) is 0 Å². The first-order valence-corrected chi connectivity index (χ1v) is 17.5. The highest BCUT2D eigenvalue weighted by Gasteiger charge is 2.59. The summed E-state index contributed by atoms with van der Waals surface area (Å²) in [5.74, 6) is -0.966. The lowest BCUT2D eigenvalue weighted by Crippen LogP contribution is -2.58. The van der Waals surface area contributed by atoms with E-state index in [9.17, 15) is 24.3 Å². The van der Waals surface area contributed by atoms with Gasteiger partial charge < -0.3 is 29.7 Å². The molecule has 3 saturated heterocycles. The largest absolute Gasteiger partial charge is 0.480 e. The maximum Gasteiger partial charge on any atom is 0.409 e. The van der Waals surface area contributed by atoms with E-state index in [0.29, 0.717) is 51.1 Å². The van der Waals surface area contributed by atoms with Crippen molar-refractivity contribution in [1.82, 2.24) is 15.1 Å². The number of ether oxygens (including phenoxy) is 2. The van der Waals surface area contributed by atoms with Crippen LogP contribution >= 0.6 is 11.8 Å². The van der Waals surface area contributed by atoms with Gasteiger partial charge in [0.25, 0.3) is 0 Å². The van der Waals surface area contributed by atoms with Gasteiger partial charge in [-0.25, -0.2) is 14.4 Å². The normalized spacial score (nSPS) is 27.1. The number of alkyl carbamates (subject to hydrolysis) is 1. The van der Waals surface area contributed by atoms with E-state index in [1.165, 1.54) is 16.7 Å². The lowest BCUT2D eigenvalue weighted by Gasteiger charge is -2.37. The van der Waals surface area contributed by atoms with Crippen molar-refractivity contribution in [3.05, 3.63) is 0 Å². The number of hydrogen-bond donors (Lipinski definition) is 2. The number of carbonyl (C=O) groups excluding carboxylic acids is 3. The summed E-state index contributed by atoms with van der Waals surface area (Å²) in [7, 11) is -1.29. The molecule has 0 aromatic rings. The molecule has 2 N–H and O–H groups in total. The monoisotopic (exact) mass is 543 g/mol. The third-order valence-electron chi connectivity index (χ3n) is 6.87. The number of carboxylic acid groups (broad SMARTS) is 1. The molecule has 10 nitrogen and oxygen atoms in total. The maximum atomic E-state index is 13.7. The number of thioether (sulfide) groups is 1. The van der Waals surface area contributed by atoms with Crippen LogP contribution in [0.1, 0.15) is 46.5 Å². The van der Waals surface area contributed by atoms with Gasteiger partial charge in [-0.1, -0.05) is 19.6 Å². The number of carbonyl (C=O) groups is 4. The Labute approximate surface area is 218 Å². The summed E-state index contributed by atoms with van der Waals surface area (Å²) in [6.45, 7) is 13.4. The number of nitrogens with one attached hydrogen (secondary N) is 1. The summed E-state index contributed by atoms with van der Waals surface area (Å²) in [5.41, 5.74) is -1.96. The average molecular weight is 544 g/mol. The molecule has 0 radical (unpaired) electrons. The molecular weight excluding hydrogens is 502 g/mol. The van der Waals surface area contributed by atoms with Gasteiger partial charge in [0.2, 0.25) is 5.91 Å². The van der Waals surface area contributed by atoms with Gasteiger partial charge >= 0.3 is 18.2 Å². The van der Waals surface area contributed by atoms with Crippen LogP contribution in [0.3, 0.4) is 0 Å². The van der Waals surface area contributed by atoms with E-state index in [-0.39, 0.29) is 23.3 Å². The van der Waals surface area contributed by atoms with Gasteiger partial charge in [-0.3, -0.25) is 4.79 Å². The van der Waals surface area contributed by atoms with Gasteiger partial charge in [0, 0.05) is 33.3 Å². The SMILES string of the molecule is CC(C)(C)OC(=O)N[C@]1(CC2CCN(C(=O)OCC[Si](C)(C)C)CC2)C[C@@H]2SC[C@@H](C(=O)O)N2C1=O. The first-order chi connectivity index (χ1) is 16.6. The molecule has 0 aliphatic carbocycles. The lowest BCUT2D eigenvalue weighted by atomic mass is 9.81. The molecule has 0 aromatic heterocycles. The van der Waals surface area contributed by atoms with Gasteiger partial charge in [-0.15, -0.1) is 11.8 Å². The van der Waals surface area contributed by atoms with E-state index in [0.717, 1.165) is 6.04 Å². The summed E-state index contributed by atoms with van der Waals surface area (Å²) >= 11 is 1.44. The number of nitrogens with zero attached hydrogens (tertiary/aromatic N) is 2. The van der Waals surface area contributed by atoms with E-state index >= 15 is 0 Å². The highest BCUT2D eigenvalue weighted by atomic mass is 32.2. The number of rotatable bonds is 7. The van der Waals surface area contributed by atoms with Gasteiger partial charge in [-0.2, -0.15) is 0 Å². The molecule has 204 valence electrons. The van der Waals surface area contributed by atoms with E-state index < -0.39 is 37.3 Å². The number of aliphatic carboxylic acids is 1. The molecule has 3 rings (SSSR count). The van der Waals surface area contributed by atoms with Crippen LogP contribution in [0.4, 0.5) is 9.59 Å². The van der Waals surface area contributed by atoms with Gasteiger partial charge in [0.05, 0.1) is 12.0 Å². The van der Waals surface area contributed by atoms with Crippen LogP contribution in [-0.2, 0) is 19.1 Å². The van der Waals surface area contributed by atoms with Crippen LogP contribution in [0.15, 0.2) is 0 Å². The fourth-order valence-corrected chi connectivity index (χ4v) is 7.22. The van der Waals surface area contributed by atoms with E-state index in [2.05, 4.69) is 25.0 Å². The third kappa shape index (κ3) is 7.08. The minimum atomic E-state index is -1.29. The molecule has 36 heavy (non-hydrogen) atoms. The van der Waals surface area contributed by atoms with Crippen molar-refractivity contribution < 1.29 is 33.8 Å². The zero-order valence-electron chi connectivity index (χ0n) is 22.3. The molecule has 3 fully saturated rings. The van der Waals surface area contributed by atoms with Crippen molar-refractivity contribution in [2.24, 2.45) is 5.92 Å². The van der Waals surface area contributed by atoms with Gasteiger partial charge in [0.1, 0.15) is 17.2 Å². The topological polar surface area (TPSA) is 125 Å². The van der Waals surface area contributed by atoms with Crippen LogP contribution < -0.4 is 5.32 Å². The zero-order valence-corrected chi connectivity index (χ0v) is 24.1. The zero-order chi connectivity index (χ0) is 26.9. The number of carboxylic acids is 1. The maximum absolute atomic E-state index is 13.7. The first-order valence-electron chi connectivity index (χ1n) is 12.7. The molecule has 3 amide bonds. The molecule has 0 unspecified atom stereocenters. The Morgan fingerprint density at radius 3 is 2.39 bits per heavy atom. The van der Waals surface area contributed by atoms with Crippen molar-refractivity contribution in [2.45, 2.75) is 94.7 Å². The second-order valence-corrected chi connectivity index (χ2v) is 19.2. The standard InChI is InChI=1S/C24H41N3O7SSi/c1-23(2,3)34-21(31)25-24(14-18-27(20(24)30)17(15-35-18)19(28)29)13-16-7-9-26(10-8-16)22(32)33-11-12-36(4,5)6/h16-18H,7-15H2,1-6H3,(H,25,31)(H,28,29)/t17-,18-,24+/m0/s1. The molecule has 3 aliphatic rings. The summed E-state index contributed by atoms with van der Waals surface area (Å²) in [6, 6.07) is 0.0194. The minimum Gasteiger partial charge on any atom is -0.480 e. The Balaban J connectivity index is 1.66. The number of piperidine rings is 1. The molecule has 0 bridgehead atoms. The van der Waals surface area contributed by atoms with Crippen molar-refractivity contribution in [2.75, 3.05) is 25.4 Å². The van der Waals surface area contributed by atoms with Gasteiger partial charge in [-0.05, 0) is 52.0 Å². The second-order valence-electron chi connectivity index (χ2n) is 12.3. The van der Waals surface area contributed by atoms with Crippen molar-refractivity contribution in [1.29, 1.82) is 0 Å². The fraction of sp³-hybridized carbons (Fsp3) is 0.833. The van der Waals surface area contributed by atoms with E-state index in [1.807, 2.05) is 0 Å². The van der Waals surface area contributed by atoms with Crippen LogP contribution in [0.2, 0.25) is 25.7 Å². The molecule has 3 heterocycles. The van der Waals surface area contributed by atoms with Crippen LogP contribution in [0.25, 0.3) is 0 Å². The Morgan fingerprint density at radius 2 is 1.83 bits per heavy atom. The summed E-state index contributed by atoms with van der Waals surface area (Å²) in [4.78, 5) is 53.8. The Bertz CT molecular complexity index is 867. The molecule has 0 saturated carbocycles. The van der Waals surface area contributed by atoms with Crippen molar-refractivity contribution >= 4 is 43.9 Å². The molecule has 0 spiro atoms. The molecule has 3 aliphatic heterocycles. The molecular formula is C24H41N3O7SSi. The second kappa shape index (κ2) is 10.8. The van der Waals surface area contributed by atoms with Crippen LogP contribution in [0, 0.1) is 5.92 Å².